The number of aryl methyl sites for hydroxylation is 1. The number of hydrogen-bond donors (Lipinski definition) is 1. The van der Waals surface area contributed by atoms with Gasteiger partial charge in [0, 0.05) is 37.9 Å². The highest BCUT2D eigenvalue weighted by Gasteiger charge is 2.18. The largest absolute Gasteiger partial charge is 0.335 e. The van der Waals surface area contributed by atoms with Crippen LogP contribution in [0.3, 0.4) is 0 Å². The number of fused-ring (bicyclic) bond motifs is 1. The highest BCUT2D eigenvalue weighted by molar-refractivity contribution is 5.16. The predicted octanol–water partition coefficient (Wildman–Crippen LogP) is 2.13. The van der Waals surface area contributed by atoms with Gasteiger partial charge in [0.2, 0.25) is 0 Å². The maximum Gasteiger partial charge on any atom is 0.123 e. The van der Waals surface area contributed by atoms with Crippen molar-refractivity contribution in [2.45, 2.75) is 32.0 Å². The van der Waals surface area contributed by atoms with Crippen LogP contribution in [-0.2, 0) is 19.5 Å². The minimum atomic E-state index is -0.182. The molecule has 3 nitrogen and oxygen atoms in total. The van der Waals surface area contributed by atoms with E-state index in [2.05, 4.69) is 14.9 Å². The minimum Gasteiger partial charge on any atom is -0.335 e. The van der Waals surface area contributed by atoms with Gasteiger partial charge >= 0.3 is 0 Å². The van der Waals surface area contributed by atoms with Crippen molar-refractivity contribution in [1.82, 2.24) is 14.9 Å². The number of hydrogen-bond acceptors (Lipinski definition) is 2. The van der Waals surface area contributed by atoms with Gasteiger partial charge in [-0.1, -0.05) is 12.1 Å². The highest BCUT2D eigenvalue weighted by Crippen LogP contribution is 2.13. The van der Waals surface area contributed by atoms with Crippen molar-refractivity contribution < 1.29 is 4.39 Å². The Bertz CT molecular complexity index is 518. The molecule has 0 amide bonds. The summed E-state index contributed by atoms with van der Waals surface area (Å²) < 4.78 is 15.0. The van der Waals surface area contributed by atoms with Crippen molar-refractivity contribution in [3.63, 3.8) is 0 Å². The van der Waals surface area contributed by atoms with E-state index >= 15 is 0 Å². The zero-order chi connectivity index (χ0) is 12.4. The number of benzene rings is 1. The van der Waals surface area contributed by atoms with Gasteiger partial charge < -0.3 is 9.88 Å². The number of nitrogens with zero attached hydrogens (tertiary/aromatic N) is 2. The fraction of sp³-hybridized carbons (Fsp3) is 0.357. The molecule has 1 aliphatic heterocycles. The Hall–Kier alpha value is -1.68. The summed E-state index contributed by atoms with van der Waals surface area (Å²) >= 11 is 0. The molecule has 0 spiro atoms. The Kier molecular flexibility index (Phi) is 3.11. The lowest BCUT2D eigenvalue weighted by molar-refractivity contribution is 0.392. The molecule has 0 saturated heterocycles. The fourth-order valence-corrected chi connectivity index (χ4v) is 2.39. The van der Waals surface area contributed by atoms with E-state index in [0.29, 0.717) is 6.04 Å². The molecule has 1 N–H and O–H groups in total. The van der Waals surface area contributed by atoms with Crippen LogP contribution in [0.15, 0.2) is 36.7 Å². The third-order valence-corrected chi connectivity index (χ3v) is 3.46. The molecule has 0 fully saturated rings. The van der Waals surface area contributed by atoms with Crippen molar-refractivity contribution in [2.24, 2.45) is 0 Å². The molecule has 3 rings (SSSR count). The number of aromatic nitrogens is 2. The van der Waals surface area contributed by atoms with Crippen LogP contribution in [0.1, 0.15) is 17.8 Å². The molecule has 2 heterocycles. The summed E-state index contributed by atoms with van der Waals surface area (Å²) in [5.41, 5.74) is 1.12. The first-order valence-corrected chi connectivity index (χ1v) is 6.29. The van der Waals surface area contributed by atoms with E-state index in [-0.39, 0.29) is 5.82 Å². The topological polar surface area (TPSA) is 29.9 Å². The number of rotatable bonds is 3. The van der Waals surface area contributed by atoms with E-state index in [9.17, 15) is 4.39 Å². The lowest BCUT2D eigenvalue weighted by Crippen LogP contribution is -2.36. The van der Waals surface area contributed by atoms with E-state index in [0.717, 1.165) is 37.3 Å². The van der Waals surface area contributed by atoms with Gasteiger partial charge in [-0.15, -0.1) is 0 Å². The van der Waals surface area contributed by atoms with Crippen LogP contribution in [-0.4, -0.2) is 15.6 Å². The monoisotopic (exact) mass is 245 g/mol. The smallest absolute Gasteiger partial charge is 0.123 e. The molecule has 0 radical (unpaired) electrons. The third kappa shape index (κ3) is 2.43. The van der Waals surface area contributed by atoms with Crippen LogP contribution >= 0.6 is 0 Å². The van der Waals surface area contributed by atoms with Gasteiger partial charge in [0.1, 0.15) is 11.6 Å². The molecular formula is C14H16FN3. The molecule has 1 aromatic heterocycles. The second-order valence-electron chi connectivity index (χ2n) is 4.73. The summed E-state index contributed by atoms with van der Waals surface area (Å²) in [6, 6.07) is 7.12. The molecule has 0 saturated carbocycles. The zero-order valence-electron chi connectivity index (χ0n) is 10.1. The molecule has 0 bridgehead atoms. The summed E-state index contributed by atoms with van der Waals surface area (Å²) in [4.78, 5) is 4.35. The first-order chi connectivity index (χ1) is 8.81. The molecule has 1 aromatic carbocycles. The second kappa shape index (κ2) is 4.90. The highest BCUT2D eigenvalue weighted by atomic mass is 19.1. The summed E-state index contributed by atoms with van der Waals surface area (Å²) in [5, 5.41) is 3.51. The number of imidazole rings is 1. The van der Waals surface area contributed by atoms with E-state index in [4.69, 9.17) is 0 Å². The predicted molar refractivity (Wildman–Crippen MR) is 67.6 cm³/mol. The normalized spacial score (nSPS) is 18.6. The summed E-state index contributed by atoms with van der Waals surface area (Å²) in [6.45, 7) is 1.81. The Morgan fingerprint density at radius 3 is 3.00 bits per heavy atom. The van der Waals surface area contributed by atoms with Crippen LogP contribution in [0.2, 0.25) is 0 Å². The Morgan fingerprint density at radius 2 is 2.17 bits per heavy atom. The maximum atomic E-state index is 12.8. The quantitative estimate of drug-likeness (QED) is 0.897. The van der Waals surface area contributed by atoms with Gasteiger partial charge in [0.05, 0.1) is 0 Å². The van der Waals surface area contributed by atoms with Gasteiger partial charge in [-0.3, -0.25) is 0 Å². The zero-order valence-corrected chi connectivity index (χ0v) is 10.1. The van der Waals surface area contributed by atoms with E-state index in [1.54, 1.807) is 0 Å². The van der Waals surface area contributed by atoms with Gasteiger partial charge in [0.15, 0.2) is 0 Å². The summed E-state index contributed by atoms with van der Waals surface area (Å²) in [5.74, 6) is 0.969. The van der Waals surface area contributed by atoms with Gasteiger partial charge in [-0.2, -0.15) is 0 Å². The first-order valence-electron chi connectivity index (χ1n) is 6.29. The van der Waals surface area contributed by atoms with Crippen molar-refractivity contribution in [1.29, 1.82) is 0 Å². The summed E-state index contributed by atoms with van der Waals surface area (Å²) in [6.07, 6.45) is 5.97. The van der Waals surface area contributed by atoms with E-state index in [1.807, 2.05) is 24.5 Å². The molecule has 1 aliphatic rings. The second-order valence-corrected chi connectivity index (χ2v) is 4.73. The van der Waals surface area contributed by atoms with Crippen LogP contribution in [0.5, 0.6) is 0 Å². The number of nitrogens with one attached hydrogen (secondary N) is 1. The molecule has 1 atom stereocenters. The van der Waals surface area contributed by atoms with Crippen LogP contribution in [0.4, 0.5) is 4.39 Å². The van der Waals surface area contributed by atoms with Crippen molar-refractivity contribution in [3.05, 3.63) is 53.9 Å². The average molecular weight is 245 g/mol. The van der Waals surface area contributed by atoms with Gasteiger partial charge in [-0.25, -0.2) is 9.37 Å². The van der Waals surface area contributed by atoms with E-state index < -0.39 is 0 Å². The van der Waals surface area contributed by atoms with Crippen molar-refractivity contribution >= 4 is 0 Å². The molecule has 4 heteroatoms. The lowest BCUT2D eigenvalue weighted by atomic mass is 10.1. The standard InChI is InChI=1S/C14H16FN3/c15-12-3-1-11(2-4-12)10-17-13-5-7-18-8-6-16-14(18)9-13/h1-4,6,8,13,17H,5,7,9-10H2/t13-/m0/s1. The summed E-state index contributed by atoms with van der Waals surface area (Å²) in [7, 11) is 0. The molecule has 18 heavy (non-hydrogen) atoms. The van der Waals surface area contributed by atoms with Crippen LogP contribution in [0.25, 0.3) is 0 Å². The fourth-order valence-electron chi connectivity index (χ4n) is 2.39. The molecule has 94 valence electrons. The Labute approximate surface area is 106 Å². The molecule has 0 unspecified atom stereocenters. The maximum absolute atomic E-state index is 12.8. The van der Waals surface area contributed by atoms with Crippen molar-refractivity contribution in [3.8, 4) is 0 Å². The lowest BCUT2D eigenvalue weighted by Gasteiger charge is -2.24. The molecule has 0 aliphatic carbocycles. The minimum absolute atomic E-state index is 0.182. The molecule has 2 aromatic rings. The molecular weight excluding hydrogens is 229 g/mol. The SMILES string of the molecule is Fc1ccc(CN[C@H]2CCn3ccnc3C2)cc1. The average Bonchev–Trinajstić information content (AvgIpc) is 2.85. The third-order valence-electron chi connectivity index (χ3n) is 3.46. The Balaban J connectivity index is 1.57. The van der Waals surface area contributed by atoms with Gasteiger partial charge in [-0.05, 0) is 24.1 Å². The van der Waals surface area contributed by atoms with E-state index in [1.165, 1.54) is 12.1 Å². The first kappa shape index (κ1) is 11.4. The Morgan fingerprint density at radius 1 is 1.33 bits per heavy atom. The van der Waals surface area contributed by atoms with Crippen LogP contribution < -0.4 is 5.32 Å². The van der Waals surface area contributed by atoms with Gasteiger partial charge in [0.25, 0.3) is 0 Å². The van der Waals surface area contributed by atoms with Crippen LogP contribution in [0, 0.1) is 5.82 Å². The van der Waals surface area contributed by atoms with Crippen molar-refractivity contribution in [2.75, 3.05) is 0 Å². The number of halogens is 1.